The fourth-order valence-corrected chi connectivity index (χ4v) is 5.66. The first-order chi connectivity index (χ1) is 28.4. The molecule has 0 aliphatic heterocycles. The molecular formula is C48H78NO9P. The summed E-state index contributed by atoms with van der Waals surface area (Å²) in [5, 5.41) is 9.77. The lowest BCUT2D eigenvalue weighted by molar-refractivity contribution is -0.870. The topological polar surface area (TPSA) is 131 Å². The van der Waals surface area contributed by atoms with Crippen LogP contribution in [0.2, 0.25) is 0 Å². The third-order valence-corrected chi connectivity index (χ3v) is 9.32. The van der Waals surface area contributed by atoms with Gasteiger partial charge in [-0.3, -0.25) is 14.2 Å². The number of hydrogen-bond donors (Lipinski definition) is 1. The molecule has 10 nitrogen and oxygen atoms in total. The smallest absolute Gasteiger partial charge is 0.306 e. The fraction of sp³-hybridized carbons (Fsp3) is 0.583. The molecular weight excluding hydrogens is 765 g/mol. The highest BCUT2D eigenvalue weighted by Gasteiger charge is 2.21. The standard InChI is InChI=1S/C48H78NO9P/c1-6-8-10-11-12-13-14-15-16-17-18-19-24-27-30-33-36-40-48(52)58-46(44-57-59(53,54)56-42-41-49(3,4)5)43-55-47(51)39-35-32-29-26-23-21-20-22-25-28-31-34-38-45(50)37-9-7-2/h9,12-13,15-16,18-21,25-31,34,37,45-46,50H,6-8,10-11,14,17,22-24,32-33,35-36,38-44H2,1-5H3/b13-12-,16-15-,19-18-,21-20-,28-25-,29-26-,30-27-,34-31+,37-9-/t45?,46-/m1/s1. The third-order valence-electron chi connectivity index (χ3n) is 8.35. The quantitative estimate of drug-likeness (QED) is 0.0162. The van der Waals surface area contributed by atoms with Gasteiger partial charge >= 0.3 is 11.9 Å². The Labute approximate surface area is 358 Å². The lowest BCUT2D eigenvalue weighted by atomic mass is 10.2. The number of hydrogen-bond acceptors (Lipinski definition) is 9. The molecule has 0 aromatic carbocycles. The maximum atomic E-state index is 12.6. The number of unbranched alkanes of at least 4 members (excludes halogenated alkanes) is 5. The zero-order chi connectivity index (χ0) is 43.7. The summed E-state index contributed by atoms with van der Waals surface area (Å²) in [7, 11) is 1.05. The van der Waals surface area contributed by atoms with E-state index in [1.165, 1.54) is 19.3 Å². The van der Waals surface area contributed by atoms with E-state index in [1.807, 2.05) is 82.8 Å². The molecule has 0 saturated carbocycles. The van der Waals surface area contributed by atoms with Crippen molar-refractivity contribution in [1.29, 1.82) is 0 Å². The van der Waals surface area contributed by atoms with Gasteiger partial charge in [0.15, 0.2) is 6.10 Å². The highest BCUT2D eigenvalue weighted by atomic mass is 31.2. The Hall–Kier alpha value is -3.37. The fourth-order valence-electron chi connectivity index (χ4n) is 4.94. The maximum Gasteiger partial charge on any atom is 0.306 e. The molecule has 11 heteroatoms. The molecule has 0 aliphatic rings. The average Bonchev–Trinajstić information content (AvgIpc) is 3.18. The Morgan fingerprint density at radius 3 is 1.69 bits per heavy atom. The minimum Gasteiger partial charge on any atom is -0.756 e. The van der Waals surface area contributed by atoms with Crippen LogP contribution in [0, 0.1) is 0 Å². The van der Waals surface area contributed by atoms with Crippen LogP contribution in [0.1, 0.15) is 123 Å². The number of aliphatic hydroxyl groups is 1. The Morgan fingerprint density at radius 2 is 1.15 bits per heavy atom. The van der Waals surface area contributed by atoms with Gasteiger partial charge in [-0.2, -0.15) is 0 Å². The van der Waals surface area contributed by atoms with E-state index in [0.29, 0.717) is 43.1 Å². The summed E-state index contributed by atoms with van der Waals surface area (Å²) in [5.74, 6) is -1.01. The number of nitrogens with zero attached hydrogens (tertiary/aromatic N) is 1. The van der Waals surface area contributed by atoms with Gasteiger partial charge in [-0.25, -0.2) is 0 Å². The number of carbonyl (C=O) groups excluding carboxylic acids is 2. The number of likely N-dealkylation sites (N-methyl/N-ethyl adjacent to an activating group) is 1. The van der Waals surface area contributed by atoms with Gasteiger partial charge in [0.05, 0.1) is 33.9 Å². The molecule has 0 fully saturated rings. The molecule has 0 aromatic rings. The van der Waals surface area contributed by atoms with Crippen LogP contribution < -0.4 is 4.89 Å². The number of allylic oxidation sites excluding steroid dienone is 16. The summed E-state index contributed by atoms with van der Waals surface area (Å²) in [5.41, 5.74) is 0. The second-order valence-electron chi connectivity index (χ2n) is 15.2. The van der Waals surface area contributed by atoms with Crippen LogP contribution in [0.15, 0.2) is 109 Å². The summed E-state index contributed by atoms with van der Waals surface area (Å²) in [6, 6.07) is 0. The lowest BCUT2D eigenvalue weighted by Gasteiger charge is -2.28. The summed E-state index contributed by atoms with van der Waals surface area (Å²) in [6.07, 6.45) is 49.0. The first-order valence-corrected chi connectivity index (χ1v) is 23.2. The predicted molar refractivity (Wildman–Crippen MR) is 241 cm³/mol. The van der Waals surface area contributed by atoms with Crippen LogP contribution >= 0.6 is 7.82 Å². The van der Waals surface area contributed by atoms with Gasteiger partial charge < -0.3 is 33.0 Å². The number of aliphatic hydroxyl groups excluding tert-OH is 1. The highest BCUT2D eigenvalue weighted by Crippen LogP contribution is 2.38. The van der Waals surface area contributed by atoms with Gasteiger partial charge in [-0.05, 0) is 83.5 Å². The lowest BCUT2D eigenvalue weighted by Crippen LogP contribution is -2.37. The van der Waals surface area contributed by atoms with Crippen molar-refractivity contribution in [3.63, 3.8) is 0 Å². The maximum absolute atomic E-state index is 12.6. The summed E-state index contributed by atoms with van der Waals surface area (Å²) >= 11 is 0. The Balaban J connectivity index is 4.62. The number of quaternary nitrogens is 1. The molecule has 0 spiro atoms. The van der Waals surface area contributed by atoms with E-state index in [9.17, 15) is 24.2 Å². The van der Waals surface area contributed by atoms with Crippen molar-refractivity contribution in [3.05, 3.63) is 109 Å². The minimum absolute atomic E-state index is 0.0636. The summed E-state index contributed by atoms with van der Waals surface area (Å²) in [6.45, 7) is 3.78. The molecule has 0 amide bonds. The van der Waals surface area contributed by atoms with Crippen molar-refractivity contribution in [1.82, 2.24) is 0 Å². The number of rotatable bonds is 37. The first kappa shape index (κ1) is 55.6. The van der Waals surface area contributed by atoms with Crippen LogP contribution in [-0.2, 0) is 32.7 Å². The van der Waals surface area contributed by atoms with E-state index in [1.54, 1.807) is 0 Å². The van der Waals surface area contributed by atoms with Crippen LogP contribution in [0.25, 0.3) is 0 Å². The molecule has 0 heterocycles. The third kappa shape index (κ3) is 42.6. The summed E-state index contributed by atoms with van der Waals surface area (Å²) in [4.78, 5) is 37.5. The summed E-state index contributed by atoms with van der Waals surface area (Å²) < 4.78 is 33.7. The molecule has 0 radical (unpaired) electrons. The van der Waals surface area contributed by atoms with Gasteiger partial charge in [0, 0.05) is 12.8 Å². The van der Waals surface area contributed by atoms with Crippen LogP contribution in [-0.4, -0.2) is 81.2 Å². The van der Waals surface area contributed by atoms with Crippen molar-refractivity contribution in [2.24, 2.45) is 0 Å². The van der Waals surface area contributed by atoms with E-state index in [2.05, 4.69) is 61.6 Å². The van der Waals surface area contributed by atoms with E-state index in [-0.39, 0.29) is 26.1 Å². The molecule has 2 unspecified atom stereocenters. The molecule has 334 valence electrons. The largest absolute Gasteiger partial charge is 0.756 e. The van der Waals surface area contributed by atoms with E-state index in [0.717, 1.165) is 44.9 Å². The normalized spacial score (nSPS) is 15.2. The van der Waals surface area contributed by atoms with Gasteiger partial charge in [0.25, 0.3) is 7.82 Å². The van der Waals surface area contributed by atoms with Gasteiger partial charge in [0.2, 0.25) is 0 Å². The van der Waals surface area contributed by atoms with Gasteiger partial charge in [-0.15, -0.1) is 0 Å². The zero-order valence-electron chi connectivity index (χ0n) is 37.0. The zero-order valence-corrected chi connectivity index (χ0v) is 37.9. The second kappa shape index (κ2) is 38.8. The molecule has 0 rings (SSSR count). The van der Waals surface area contributed by atoms with E-state index < -0.39 is 38.6 Å². The molecule has 0 aliphatic carbocycles. The van der Waals surface area contributed by atoms with Crippen molar-refractivity contribution in [2.75, 3.05) is 47.5 Å². The molecule has 1 N–H and O–H groups in total. The van der Waals surface area contributed by atoms with Crippen LogP contribution in [0.5, 0.6) is 0 Å². The van der Waals surface area contributed by atoms with Gasteiger partial charge in [-0.1, -0.05) is 136 Å². The van der Waals surface area contributed by atoms with E-state index >= 15 is 0 Å². The van der Waals surface area contributed by atoms with Crippen LogP contribution in [0.4, 0.5) is 0 Å². The van der Waals surface area contributed by atoms with Gasteiger partial charge in [0.1, 0.15) is 19.8 Å². The van der Waals surface area contributed by atoms with Crippen molar-refractivity contribution in [3.8, 4) is 0 Å². The molecule has 0 bridgehead atoms. The van der Waals surface area contributed by atoms with Crippen molar-refractivity contribution in [2.45, 2.75) is 135 Å². The molecule has 0 saturated heterocycles. The SMILES string of the molecule is CC/C=C\C(O)C/C=C/C=C\C/C=C\C/C=C\CCCC(=O)OC[C@H](COP(=O)([O-])OCC[N+](C)(C)C)OC(=O)CCC/C=C\C/C=C\C/C=C\C/C=C\CCCCC. The molecule has 0 aromatic heterocycles. The molecule has 3 atom stereocenters. The number of carbonyl (C=O) groups is 2. The number of ether oxygens (including phenoxy) is 2. The number of phosphoric ester groups is 1. The Kier molecular flexibility index (Phi) is 36.6. The monoisotopic (exact) mass is 844 g/mol. The van der Waals surface area contributed by atoms with E-state index in [4.69, 9.17) is 18.5 Å². The second-order valence-corrected chi connectivity index (χ2v) is 16.6. The highest BCUT2D eigenvalue weighted by molar-refractivity contribution is 7.45. The minimum atomic E-state index is -4.67. The number of esters is 2. The Morgan fingerprint density at radius 1 is 0.644 bits per heavy atom. The van der Waals surface area contributed by atoms with Crippen molar-refractivity contribution < 1.29 is 47.2 Å². The van der Waals surface area contributed by atoms with Crippen molar-refractivity contribution >= 4 is 19.8 Å². The number of phosphoric acid groups is 1. The molecule has 59 heavy (non-hydrogen) atoms. The van der Waals surface area contributed by atoms with Crippen LogP contribution in [0.3, 0.4) is 0 Å². The first-order valence-electron chi connectivity index (χ1n) is 21.7. The Bertz CT molecular complexity index is 1380. The predicted octanol–water partition coefficient (Wildman–Crippen LogP) is 10.7. The average molecular weight is 844 g/mol.